The Morgan fingerprint density at radius 1 is 1.31 bits per heavy atom. The molecule has 0 radical (unpaired) electrons. The second-order valence-corrected chi connectivity index (χ2v) is 4.31. The predicted molar refractivity (Wildman–Crippen MR) is 63.0 cm³/mol. The molecule has 0 atom stereocenters. The van der Waals surface area contributed by atoms with Crippen molar-refractivity contribution in [2.24, 2.45) is 0 Å². The lowest BCUT2D eigenvalue weighted by atomic mass is 10.1. The molecule has 0 N–H and O–H groups in total. The Labute approximate surface area is 99.3 Å². The molecule has 0 aliphatic rings. The van der Waals surface area contributed by atoms with E-state index in [1.807, 2.05) is 19.2 Å². The number of halogens is 1. The van der Waals surface area contributed by atoms with Crippen molar-refractivity contribution in [2.45, 2.75) is 26.7 Å². The van der Waals surface area contributed by atoms with Crippen molar-refractivity contribution in [3.05, 3.63) is 35.0 Å². The van der Waals surface area contributed by atoms with Crippen molar-refractivity contribution >= 4 is 11.6 Å². The van der Waals surface area contributed by atoms with E-state index in [1.54, 1.807) is 4.68 Å². The van der Waals surface area contributed by atoms with Gasteiger partial charge in [-0.2, -0.15) is 5.10 Å². The van der Waals surface area contributed by atoms with Gasteiger partial charge in [-0.15, -0.1) is 0 Å². The van der Waals surface area contributed by atoms with E-state index in [1.165, 1.54) is 6.33 Å². The van der Waals surface area contributed by atoms with Crippen LogP contribution in [-0.4, -0.2) is 19.7 Å². The van der Waals surface area contributed by atoms with Crippen molar-refractivity contribution in [2.75, 3.05) is 0 Å². The van der Waals surface area contributed by atoms with Gasteiger partial charge in [-0.3, -0.25) is 0 Å². The minimum atomic E-state index is 0.402. The van der Waals surface area contributed by atoms with Gasteiger partial charge in [0.25, 0.3) is 0 Å². The van der Waals surface area contributed by atoms with Gasteiger partial charge in [0, 0.05) is 11.8 Å². The molecule has 84 valence electrons. The normalized spacial score (nSPS) is 11.1. The van der Waals surface area contributed by atoms with Crippen molar-refractivity contribution < 1.29 is 0 Å². The topological polar surface area (TPSA) is 43.6 Å². The van der Waals surface area contributed by atoms with Crippen molar-refractivity contribution in [1.82, 2.24) is 19.7 Å². The standard InChI is InChI=1S/C11H13ClN4/c1-7(2)9-4-5-16(15-9)11-8(3)10(12)13-6-14-11/h4-7H,1-3H3. The lowest BCUT2D eigenvalue weighted by Gasteiger charge is -2.05. The largest absolute Gasteiger partial charge is 0.224 e. The Hall–Kier alpha value is -1.42. The zero-order valence-corrected chi connectivity index (χ0v) is 10.2. The fourth-order valence-corrected chi connectivity index (χ4v) is 1.54. The van der Waals surface area contributed by atoms with E-state index in [4.69, 9.17) is 11.6 Å². The molecule has 0 bridgehead atoms. The summed E-state index contributed by atoms with van der Waals surface area (Å²) in [5, 5.41) is 4.91. The van der Waals surface area contributed by atoms with Gasteiger partial charge in [0.1, 0.15) is 11.5 Å². The van der Waals surface area contributed by atoms with Crippen LogP contribution >= 0.6 is 11.6 Å². The Bertz CT molecular complexity index is 504. The van der Waals surface area contributed by atoms with Crippen LogP contribution in [0.4, 0.5) is 0 Å². The van der Waals surface area contributed by atoms with Crippen LogP contribution in [0.2, 0.25) is 5.15 Å². The van der Waals surface area contributed by atoms with Gasteiger partial charge >= 0.3 is 0 Å². The Kier molecular flexibility index (Phi) is 2.92. The zero-order chi connectivity index (χ0) is 11.7. The van der Waals surface area contributed by atoms with Gasteiger partial charge in [-0.25, -0.2) is 14.6 Å². The van der Waals surface area contributed by atoms with Crippen LogP contribution in [-0.2, 0) is 0 Å². The van der Waals surface area contributed by atoms with E-state index in [0.717, 1.165) is 17.1 Å². The summed E-state index contributed by atoms with van der Waals surface area (Å²) in [5.41, 5.74) is 1.87. The van der Waals surface area contributed by atoms with Gasteiger partial charge in [-0.05, 0) is 18.9 Å². The van der Waals surface area contributed by atoms with E-state index in [-0.39, 0.29) is 0 Å². The molecule has 16 heavy (non-hydrogen) atoms. The first-order valence-corrected chi connectivity index (χ1v) is 5.50. The van der Waals surface area contributed by atoms with Crippen LogP contribution in [0, 0.1) is 6.92 Å². The minimum absolute atomic E-state index is 0.402. The highest BCUT2D eigenvalue weighted by Gasteiger charge is 2.09. The van der Waals surface area contributed by atoms with Crippen LogP contribution in [0.3, 0.4) is 0 Å². The molecule has 4 nitrogen and oxygen atoms in total. The summed E-state index contributed by atoms with van der Waals surface area (Å²) in [5.74, 6) is 1.13. The highest BCUT2D eigenvalue weighted by Crippen LogP contribution is 2.18. The minimum Gasteiger partial charge on any atom is -0.224 e. The van der Waals surface area contributed by atoms with Gasteiger partial charge in [-0.1, -0.05) is 25.4 Å². The first kappa shape index (κ1) is 11.1. The smallest absolute Gasteiger partial charge is 0.161 e. The van der Waals surface area contributed by atoms with E-state index < -0.39 is 0 Å². The second-order valence-electron chi connectivity index (χ2n) is 3.95. The molecular weight excluding hydrogens is 224 g/mol. The van der Waals surface area contributed by atoms with Crippen molar-refractivity contribution in [1.29, 1.82) is 0 Å². The number of aromatic nitrogens is 4. The lowest BCUT2D eigenvalue weighted by molar-refractivity contribution is 0.752. The van der Waals surface area contributed by atoms with Crippen molar-refractivity contribution in [3.63, 3.8) is 0 Å². The molecule has 2 aromatic rings. The molecule has 0 unspecified atom stereocenters. The number of rotatable bonds is 2. The van der Waals surface area contributed by atoms with E-state index in [2.05, 4.69) is 28.9 Å². The van der Waals surface area contributed by atoms with Crippen LogP contribution in [0.25, 0.3) is 5.82 Å². The molecule has 0 saturated heterocycles. The molecule has 2 aromatic heterocycles. The third-order valence-corrected chi connectivity index (χ3v) is 2.80. The summed E-state index contributed by atoms with van der Waals surface area (Å²) in [7, 11) is 0. The van der Waals surface area contributed by atoms with Gasteiger partial charge < -0.3 is 0 Å². The predicted octanol–water partition coefficient (Wildman–Crippen LogP) is 2.75. The van der Waals surface area contributed by atoms with Crippen LogP contribution in [0.15, 0.2) is 18.6 Å². The Balaban J connectivity index is 2.47. The molecule has 0 aromatic carbocycles. The van der Waals surface area contributed by atoms with Gasteiger partial charge in [0.2, 0.25) is 0 Å². The summed E-state index contributed by atoms with van der Waals surface area (Å²) < 4.78 is 1.73. The fourth-order valence-electron chi connectivity index (χ4n) is 1.42. The first-order chi connectivity index (χ1) is 7.59. The van der Waals surface area contributed by atoms with Gasteiger partial charge in [0.15, 0.2) is 5.82 Å². The number of nitrogens with zero attached hydrogens (tertiary/aromatic N) is 4. The summed E-state index contributed by atoms with van der Waals surface area (Å²) in [6, 6.07) is 1.99. The molecule has 0 aliphatic heterocycles. The second kappa shape index (κ2) is 4.22. The summed E-state index contributed by atoms with van der Waals surface area (Å²) in [6.45, 7) is 6.09. The number of hydrogen-bond donors (Lipinski definition) is 0. The molecule has 0 fully saturated rings. The molecular formula is C11H13ClN4. The maximum Gasteiger partial charge on any atom is 0.161 e. The molecule has 0 spiro atoms. The highest BCUT2D eigenvalue weighted by atomic mass is 35.5. The maximum absolute atomic E-state index is 5.94. The average Bonchev–Trinajstić information content (AvgIpc) is 2.71. The molecule has 0 amide bonds. The Morgan fingerprint density at radius 2 is 2.06 bits per heavy atom. The van der Waals surface area contributed by atoms with Gasteiger partial charge in [0.05, 0.1) is 5.69 Å². The van der Waals surface area contributed by atoms with Crippen LogP contribution < -0.4 is 0 Å². The van der Waals surface area contributed by atoms with E-state index in [0.29, 0.717) is 11.1 Å². The molecule has 2 heterocycles. The molecule has 2 rings (SSSR count). The SMILES string of the molecule is Cc1c(Cl)ncnc1-n1ccc(C(C)C)n1. The maximum atomic E-state index is 5.94. The number of hydrogen-bond acceptors (Lipinski definition) is 3. The zero-order valence-electron chi connectivity index (χ0n) is 9.48. The summed E-state index contributed by atoms with van der Waals surface area (Å²) in [4.78, 5) is 8.11. The first-order valence-electron chi connectivity index (χ1n) is 5.12. The van der Waals surface area contributed by atoms with E-state index in [9.17, 15) is 0 Å². The third kappa shape index (κ3) is 1.93. The van der Waals surface area contributed by atoms with Crippen LogP contribution in [0.5, 0.6) is 0 Å². The monoisotopic (exact) mass is 236 g/mol. The highest BCUT2D eigenvalue weighted by molar-refractivity contribution is 6.30. The quantitative estimate of drug-likeness (QED) is 0.753. The summed E-state index contributed by atoms with van der Waals surface area (Å²) in [6.07, 6.45) is 3.34. The summed E-state index contributed by atoms with van der Waals surface area (Å²) >= 11 is 5.94. The molecule has 0 aliphatic carbocycles. The van der Waals surface area contributed by atoms with Crippen molar-refractivity contribution in [3.8, 4) is 5.82 Å². The average molecular weight is 237 g/mol. The lowest BCUT2D eigenvalue weighted by Crippen LogP contribution is -2.03. The third-order valence-electron chi connectivity index (χ3n) is 2.41. The molecule has 0 saturated carbocycles. The Morgan fingerprint density at radius 3 is 2.69 bits per heavy atom. The van der Waals surface area contributed by atoms with Crippen LogP contribution in [0.1, 0.15) is 31.0 Å². The fraction of sp³-hybridized carbons (Fsp3) is 0.364. The molecule has 5 heteroatoms. The van der Waals surface area contributed by atoms with E-state index >= 15 is 0 Å².